The number of carbonyl (C=O) groups is 2. The summed E-state index contributed by atoms with van der Waals surface area (Å²) < 4.78 is 0. The van der Waals surface area contributed by atoms with Gasteiger partial charge in [-0.1, -0.05) is 23.2 Å². The van der Waals surface area contributed by atoms with Gasteiger partial charge in [-0.15, -0.1) is 23.2 Å². The summed E-state index contributed by atoms with van der Waals surface area (Å²) in [5.74, 6) is -3.36. The van der Waals surface area contributed by atoms with E-state index in [4.69, 9.17) is 46.4 Å². The molecule has 100 valence electrons. The second-order valence-corrected chi connectivity index (χ2v) is 6.23. The Morgan fingerprint density at radius 2 is 1.11 bits per heavy atom. The first-order valence-electron chi connectivity index (χ1n) is 4.57. The van der Waals surface area contributed by atoms with Crippen LogP contribution in [-0.2, 0) is 9.59 Å². The third-order valence-electron chi connectivity index (χ3n) is 2.86. The van der Waals surface area contributed by atoms with Gasteiger partial charge in [0.15, 0.2) is 0 Å². The fraction of sp³-hybridized carbons (Fsp3) is 0.400. The van der Waals surface area contributed by atoms with E-state index in [1.54, 1.807) is 0 Å². The molecule has 18 heavy (non-hydrogen) atoms. The lowest BCUT2D eigenvalue weighted by molar-refractivity contribution is -0.302. The average Bonchev–Trinajstić information content (AvgIpc) is 2.13. The summed E-state index contributed by atoms with van der Waals surface area (Å²) in [6, 6.07) is 0. The molecule has 2 unspecified atom stereocenters. The molecule has 0 spiro atoms. The molecular formula is C10H6Cl4O4-2. The van der Waals surface area contributed by atoms with Crippen LogP contribution in [0.1, 0.15) is 13.8 Å². The molecule has 0 saturated carbocycles. The lowest BCUT2D eigenvalue weighted by atomic mass is 9.77. The van der Waals surface area contributed by atoms with Gasteiger partial charge in [0, 0.05) is 11.1 Å². The molecule has 0 fully saturated rings. The highest BCUT2D eigenvalue weighted by Crippen LogP contribution is 2.53. The van der Waals surface area contributed by atoms with Crippen LogP contribution in [0.4, 0.5) is 0 Å². The zero-order valence-corrected chi connectivity index (χ0v) is 12.2. The molecule has 0 N–H and O–H groups in total. The highest BCUT2D eigenvalue weighted by molar-refractivity contribution is 6.51. The van der Waals surface area contributed by atoms with Crippen LogP contribution in [0.25, 0.3) is 0 Å². The van der Waals surface area contributed by atoms with E-state index in [1.165, 1.54) is 13.8 Å². The normalized spacial score (nSPS) is 32.8. The molecule has 8 heteroatoms. The maximum atomic E-state index is 11.0. The smallest absolute Gasteiger partial charge is 0.0930 e. The molecule has 1 aliphatic rings. The van der Waals surface area contributed by atoms with E-state index in [0.29, 0.717) is 0 Å². The standard InChI is InChI=1S/C10H8Cl4O4/c1-9(13)3(7(15)16)5(11)6(12)4(8(17)18)10(9,2)14/h1-2H3,(H,15,16)(H,17,18)/p-2. The summed E-state index contributed by atoms with van der Waals surface area (Å²) in [5.41, 5.74) is -1.14. The van der Waals surface area contributed by atoms with Gasteiger partial charge in [-0.2, -0.15) is 0 Å². The molecule has 0 aromatic heterocycles. The van der Waals surface area contributed by atoms with Crippen LogP contribution in [-0.4, -0.2) is 21.7 Å². The van der Waals surface area contributed by atoms with Crippen LogP contribution in [0, 0.1) is 0 Å². The van der Waals surface area contributed by atoms with Crippen molar-refractivity contribution in [3.8, 4) is 0 Å². The van der Waals surface area contributed by atoms with Crippen molar-refractivity contribution in [1.29, 1.82) is 0 Å². The van der Waals surface area contributed by atoms with Gasteiger partial charge in [0.1, 0.15) is 0 Å². The van der Waals surface area contributed by atoms with E-state index < -0.39 is 42.9 Å². The molecule has 0 aliphatic heterocycles. The van der Waals surface area contributed by atoms with Gasteiger partial charge < -0.3 is 19.8 Å². The Bertz CT molecular complexity index is 456. The van der Waals surface area contributed by atoms with E-state index >= 15 is 0 Å². The van der Waals surface area contributed by atoms with Crippen molar-refractivity contribution in [3.63, 3.8) is 0 Å². The van der Waals surface area contributed by atoms with E-state index in [-0.39, 0.29) is 0 Å². The highest BCUT2D eigenvalue weighted by atomic mass is 35.5. The number of carbonyl (C=O) groups excluding carboxylic acids is 2. The third kappa shape index (κ3) is 2.01. The summed E-state index contributed by atoms with van der Waals surface area (Å²) in [6.45, 7) is 2.42. The zero-order valence-electron chi connectivity index (χ0n) is 9.14. The minimum atomic E-state index is -1.82. The molecule has 4 nitrogen and oxygen atoms in total. The van der Waals surface area contributed by atoms with E-state index in [1.807, 2.05) is 0 Å². The predicted molar refractivity (Wildman–Crippen MR) is 64.3 cm³/mol. The third-order valence-corrected chi connectivity index (χ3v) is 4.94. The lowest BCUT2D eigenvalue weighted by Gasteiger charge is -2.45. The first-order chi connectivity index (χ1) is 7.96. The quantitative estimate of drug-likeness (QED) is 0.689. The van der Waals surface area contributed by atoms with E-state index in [9.17, 15) is 19.8 Å². The Morgan fingerprint density at radius 3 is 1.28 bits per heavy atom. The number of allylic oxidation sites excluding steroid dienone is 2. The van der Waals surface area contributed by atoms with Crippen LogP contribution in [0.3, 0.4) is 0 Å². The van der Waals surface area contributed by atoms with Crippen molar-refractivity contribution in [1.82, 2.24) is 0 Å². The average molecular weight is 332 g/mol. The van der Waals surface area contributed by atoms with Crippen molar-refractivity contribution in [2.75, 3.05) is 0 Å². The van der Waals surface area contributed by atoms with Crippen molar-refractivity contribution in [2.24, 2.45) is 0 Å². The Kier molecular flexibility index (Phi) is 4.00. The summed E-state index contributed by atoms with van der Waals surface area (Å²) in [7, 11) is 0. The van der Waals surface area contributed by atoms with Crippen LogP contribution in [0.15, 0.2) is 21.2 Å². The summed E-state index contributed by atoms with van der Waals surface area (Å²) in [5, 5.41) is 21.1. The number of carboxylic acid groups (broad SMARTS) is 2. The van der Waals surface area contributed by atoms with Crippen LogP contribution >= 0.6 is 46.4 Å². The number of hydrogen-bond donors (Lipinski definition) is 0. The Labute approximate surface area is 123 Å². The largest absolute Gasteiger partial charge is 0.545 e. The second-order valence-electron chi connectivity index (χ2n) is 3.96. The zero-order chi connectivity index (χ0) is 14.5. The second kappa shape index (κ2) is 4.60. The lowest BCUT2D eigenvalue weighted by Crippen LogP contribution is -2.54. The molecule has 0 amide bonds. The monoisotopic (exact) mass is 330 g/mol. The van der Waals surface area contributed by atoms with Crippen LogP contribution < -0.4 is 10.2 Å². The number of carboxylic acids is 2. The van der Waals surface area contributed by atoms with Gasteiger partial charge in [0.25, 0.3) is 0 Å². The van der Waals surface area contributed by atoms with Gasteiger partial charge in [-0.3, -0.25) is 0 Å². The Hall–Kier alpha value is -0.420. The van der Waals surface area contributed by atoms with Crippen molar-refractivity contribution in [2.45, 2.75) is 23.6 Å². The SMILES string of the molecule is CC1(Cl)C(C(=O)[O-])=C(Cl)C(Cl)=C(C(=O)[O-])C1(C)Cl. The Balaban J connectivity index is 3.77. The minimum absolute atomic E-state index is 0.522. The molecule has 2 atom stereocenters. The van der Waals surface area contributed by atoms with Crippen molar-refractivity contribution >= 4 is 58.3 Å². The molecule has 0 radical (unpaired) electrons. The fourth-order valence-electron chi connectivity index (χ4n) is 1.66. The van der Waals surface area contributed by atoms with Crippen LogP contribution in [0.2, 0.25) is 0 Å². The molecule has 0 bridgehead atoms. The topological polar surface area (TPSA) is 80.3 Å². The van der Waals surface area contributed by atoms with Gasteiger partial charge >= 0.3 is 0 Å². The predicted octanol–water partition coefficient (Wildman–Crippen LogP) is 0.481. The van der Waals surface area contributed by atoms with Gasteiger partial charge in [-0.05, 0) is 13.8 Å². The van der Waals surface area contributed by atoms with Crippen molar-refractivity contribution in [3.05, 3.63) is 21.2 Å². The van der Waals surface area contributed by atoms with Gasteiger partial charge in [0.05, 0.1) is 31.8 Å². The molecule has 0 aromatic rings. The summed E-state index contributed by atoms with van der Waals surface area (Å²) >= 11 is 23.5. The number of hydrogen-bond acceptors (Lipinski definition) is 4. The highest BCUT2D eigenvalue weighted by Gasteiger charge is 2.53. The van der Waals surface area contributed by atoms with Crippen molar-refractivity contribution < 1.29 is 19.8 Å². The number of alkyl halides is 2. The molecule has 0 saturated heterocycles. The molecule has 0 heterocycles. The van der Waals surface area contributed by atoms with Crippen LogP contribution in [0.5, 0.6) is 0 Å². The summed E-state index contributed by atoms with van der Waals surface area (Å²) in [6.07, 6.45) is 0. The molecule has 1 rings (SSSR count). The summed E-state index contributed by atoms with van der Waals surface area (Å²) in [4.78, 5) is 18.5. The number of aliphatic carboxylic acids is 2. The minimum Gasteiger partial charge on any atom is -0.545 e. The maximum Gasteiger partial charge on any atom is 0.0930 e. The first-order valence-corrected chi connectivity index (χ1v) is 6.08. The van der Waals surface area contributed by atoms with E-state index in [0.717, 1.165) is 0 Å². The van der Waals surface area contributed by atoms with Gasteiger partial charge in [-0.25, -0.2) is 0 Å². The molecule has 1 aliphatic carbocycles. The van der Waals surface area contributed by atoms with Gasteiger partial charge in [0.2, 0.25) is 0 Å². The number of halogens is 4. The Morgan fingerprint density at radius 1 is 0.889 bits per heavy atom. The maximum absolute atomic E-state index is 11.0. The first kappa shape index (κ1) is 15.6. The number of rotatable bonds is 2. The fourth-order valence-corrected chi connectivity index (χ4v) is 3.01. The molecule has 0 aromatic carbocycles. The molecular weight excluding hydrogens is 326 g/mol. The van der Waals surface area contributed by atoms with E-state index in [2.05, 4.69) is 0 Å².